The van der Waals surface area contributed by atoms with Crippen LogP contribution in [0.15, 0.2) is 47.1 Å². The van der Waals surface area contributed by atoms with Crippen molar-refractivity contribution in [3.05, 3.63) is 58.3 Å². The van der Waals surface area contributed by atoms with Crippen LogP contribution < -0.4 is 10.1 Å². The van der Waals surface area contributed by atoms with Crippen molar-refractivity contribution in [2.45, 2.75) is 13.0 Å². The van der Waals surface area contributed by atoms with Gasteiger partial charge in [-0.15, -0.1) is 0 Å². The molecule has 0 amide bonds. The molecule has 0 unspecified atom stereocenters. The molecule has 4 heteroatoms. The number of ether oxygens (including phenoxy) is 1. The number of halogens is 1. The Kier molecular flexibility index (Phi) is 5.36. The molecule has 1 aromatic heterocycles. The standard InChI is InChI=1S/C15H17BrN2O/c1-19-14-7-3-2-5-12(14)9-10-17-11-13-6-4-8-15(16)18-13/h2-8,17H,9-11H2,1H3. The molecule has 0 fully saturated rings. The lowest BCUT2D eigenvalue weighted by Gasteiger charge is -2.08. The molecule has 0 spiro atoms. The summed E-state index contributed by atoms with van der Waals surface area (Å²) in [7, 11) is 1.71. The summed E-state index contributed by atoms with van der Waals surface area (Å²) in [5.74, 6) is 0.949. The van der Waals surface area contributed by atoms with E-state index in [9.17, 15) is 0 Å². The molecule has 0 saturated carbocycles. The van der Waals surface area contributed by atoms with Crippen LogP contribution in [0.25, 0.3) is 0 Å². The summed E-state index contributed by atoms with van der Waals surface area (Å²) in [6.07, 6.45) is 0.942. The predicted molar refractivity (Wildman–Crippen MR) is 80.3 cm³/mol. The van der Waals surface area contributed by atoms with Gasteiger partial charge in [0.2, 0.25) is 0 Å². The number of hydrogen-bond donors (Lipinski definition) is 1. The largest absolute Gasteiger partial charge is 0.496 e. The smallest absolute Gasteiger partial charge is 0.122 e. The van der Waals surface area contributed by atoms with Crippen LogP contribution in [0.1, 0.15) is 11.3 Å². The van der Waals surface area contributed by atoms with Crippen molar-refractivity contribution in [1.82, 2.24) is 10.3 Å². The Morgan fingerprint density at radius 1 is 1.16 bits per heavy atom. The van der Waals surface area contributed by atoms with E-state index < -0.39 is 0 Å². The fourth-order valence-corrected chi connectivity index (χ4v) is 2.28. The van der Waals surface area contributed by atoms with Crippen LogP contribution in [-0.4, -0.2) is 18.6 Å². The molecule has 1 heterocycles. The van der Waals surface area contributed by atoms with Gasteiger partial charge >= 0.3 is 0 Å². The van der Waals surface area contributed by atoms with Gasteiger partial charge in [0.15, 0.2) is 0 Å². The first-order chi connectivity index (χ1) is 9.29. The van der Waals surface area contributed by atoms with E-state index >= 15 is 0 Å². The van der Waals surface area contributed by atoms with E-state index in [1.165, 1.54) is 5.56 Å². The molecule has 0 saturated heterocycles. The molecule has 0 bridgehead atoms. The molecule has 3 nitrogen and oxygen atoms in total. The van der Waals surface area contributed by atoms with Gasteiger partial charge in [-0.1, -0.05) is 24.3 Å². The van der Waals surface area contributed by atoms with Gasteiger partial charge < -0.3 is 10.1 Å². The molecule has 1 aromatic carbocycles. The van der Waals surface area contributed by atoms with E-state index in [0.29, 0.717) is 0 Å². The van der Waals surface area contributed by atoms with Crippen molar-refractivity contribution in [3.8, 4) is 5.75 Å². The molecule has 0 aliphatic carbocycles. The van der Waals surface area contributed by atoms with Gasteiger partial charge in [0.25, 0.3) is 0 Å². The highest BCUT2D eigenvalue weighted by atomic mass is 79.9. The van der Waals surface area contributed by atoms with Crippen LogP contribution in [0.3, 0.4) is 0 Å². The molecule has 0 aliphatic heterocycles. The Morgan fingerprint density at radius 3 is 2.79 bits per heavy atom. The second-order valence-corrected chi connectivity index (χ2v) is 5.00. The Morgan fingerprint density at radius 2 is 2.00 bits per heavy atom. The summed E-state index contributed by atoms with van der Waals surface area (Å²) in [5.41, 5.74) is 2.26. The molecule has 0 aliphatic rings. The van der Waals surface area contributed by atoms with Gasteiger partial charge in [-0.3, -0.25) is 0 Å². The van der Waals surface area contributed by atoms with Crippen molar-refractivity contribution < 1.29 is 4.74 Å². The fraction of sp³-hybridized carbons (Fsp3) is 0.267. The Balaban J connectivity index is 1.81. The molecular formula is C15H17BrN2O. The maximum absolute atomic E-state index is 5.33. The highest BCUT2D eigenvalue weighted by Gasteiger charge is 2.01. The Labute approximate surface area is 122 Å². The minimum Gasteiger partial charge on any atom is -0.496 e. The van der Waals surface area contributed by atoms with Crippen LogP contribution in [-0.2, 0) is 13.0 Å². The highest BCUT2D eigenvalue weighted by Crippen LogP contribution is 2.17. The first-order valence-electron chi connectivity index (χ1n) is 6.23. The van der Waals surface area contributed by atoms with E-state index in [1.54, 1.807) is 7.11 Å². The van der Waals surface area contributed by atoms with Crippen LogP contribution in [0.4, 0.5) is 0 Å². The third-order valence-corrected chi connectivity index (χ3v) is 3.28. The third kappa shape index (κ3) is 4.33. The topological polar surface area (TPSA) is 34.1 Å². The molecule has 100 valence electrons. The molecule has 0 atom stereocenters. The first-order valence-corrected chi connectivity index (χ1v) is 7.03. The lowest BCUT2D eigenvalue weighted by molar-refractivity contribution is 0.409. The maximum atomic E-state index is 5.33. The van der Waals surface area contributed by atoms with Crippen molar-refractivity contribution in [3.63, 3.8) is 0 Å². The van der Waals surface area contributed by atoms with Crippen molar-refractivity contribution in [2.75, 3.05) is 13.7 Å². The zero-order chi connectivity index (χ0) is 13.5. The Hall–Kier alpha value is -1.39. The van der Waals surface area contributed by atoms with Crippen LogP contribution >= 0.6 is 15.9 Å². The van der Waals surface area contributed by atoms with E-state index in [0.717, 1.165) is 35.6 Å². The van der Waals surface area contributed by atoms with E-state index in [2.05, 4.69) is 32.3 Å². The summed E-state index contributed by atoms with van der Waals surface area (Å²) in [6, 6.07) is 14.0. The molecule has 19 heavy (non-hydrogen) atoms. The zero-order valence-electron chi connectivity index (χ0n) is 10.9. The number of rotatable bonds is 6. The van der Waals surface area contributed by atoms with Gasteiger partial charge in [0.1, 0.15) is 10.4 Å². The number of para-hydroxylation sites is 1. The normalized spacial score (nSPS) is 10.4. The first kappa shape index (κ1) is 14.0. The summed E-state index contributed by atoms with van der Waals surface area (Å²) < 4.78 is 6.20. The number of benzene rings is 1. The van der Waals surface area contributed by atoms with Crippen LogP contribution in [0.5, 0.6) is 5.75 Å². The second-order valence-electron chi connectivity index (χ2n) is 4.19. The summed E-state index contributed by atoms with van der Waals surface area (Å²) in [5, 5.41) is 3.39. The monoisotopic (exact) mass is 320 g/mol. The summed E-state index contributed by atoms with van der Waals surface area (Å²) >= 11 is 3.37. The average Bonchev–Trinajstić information content (AvgIpc) is 2.44. The molecule has 2 aromatic rings. The number of hydrogen-bond acceptors (Lipinski definition) is 3. The number of nitrogens with zero attached hydrogens (tertiary/aromatic N) is 1. The number of methoxy groups -OCH3 is 1. The predicted octanol–water partition coefficient (Wildman–Crippen LogP) is 3.19. The number of aromatic nitrogens is 1. The van der Waals surface area contributed by atoms with Gasteiger partial charge in [-0.05, 0) is 52.7 Å². The highest BCUT2D eigenvalue weighted by molar-refractivity contribution is 9.10. The lowest BCUT2D eigenvalue weighted by Crippen LogP contribution is -2.17. The molecule has 0 radical (unpaired) electrons. The van der Waals surface area contributed by atoms with Crippen molar-refractivity contribution in [2.24, 2.45) is 0 Å². The summed E-state index contributed by atoms with van der Waals surface area (Å²) in [6.45, 7) is 1.67. The zero-order valence-corrected chi connectivity index (χ0v) is 12.5. The van der Waals surface area contributed by atoms with E-state index in [4.69, 9.17) is 4.74 Å². The van der Waals surface area contributed by atoms with Crippen molar-refractivity contribution in [1.29, 1.82) is 0 Å². The lowest BCUT2D eigenvalue weighted by atomic mass is 10.1. The second kappa shape index (κ2) is 7.26. The maximum Gasteiger partial charge on any atom is 0.122 e. The van der Waals surface area contributed by atoms with Crippen LogP contribution in [0.2, 0.25) is 0 Å². The van der Waals surface area contributed by atoms with Gasteiger partial charge in [0, 0.05) is 6.54 Å². The molecular weight excluding hydrogens is 304 g/mol. The van der Waals surface area contributed by atoms with E-state index in [-0.39, 0.29) is 0 Å². The molecule has 1 N–H and O–H groups in total. The number of nitrogens with one attached hydrogen (secondary N) is 1. The number of pyridine rings is 1. The third-order valence-electron chi connectivity index (χ3n) is 2.84. The van der Waals surface area contributed by atoms with Gasteiger partial charge in [0.05, 0.1) is 12.8 Å². The Bertz CT molecular complexity index is 531. The van der Waals surface area contributed by atoms with Crippen LogP contribution in [0, 0.1) is 0 Å². The van der Waals surface area contributed by atoms with Crippen molar-refractivity contribution >= 4 is 15.9 Å². The fourth-order valence-electron chi connectivity index (χ4n) is 1.90. The molecule has 2 rings (SSSR count). The SMILES string of the molecule is COc1ccccc1CCNCc1cccc(Br)n1. The minimum atomic E-state index is 0.772. The average molecular weight is 321 g/mol. The summed E-state index contributed by atoms with van der Waals surface area (Å²) in [4.78, 5) is 4.38. The quantitative estimate of drug-likeness (QED) is 0.655. The van der Waals surface area contributed by atoms with E-state index in [1.807, 2.05) is 36.4 Å². The minimum absolute atomic E-state index is 0.772. The van der Waals surface area contributed by atoms with Gasteiger partial charge in [-0.25, -0.2) is 4.98 Å². The van der Waals surface area contributed by atoms with Gasteiger partial charge in [-0.2, -0.15) is 0 Å².